The molecule has 1 aliphatic rings. The van der Waals surface area contributed by atoms with E-state index >= 15 is 0 Å². The first-order chi connectivity index (χ1) is 10.7. The zero-order chi connectivity index (χ0) is 15.4. The molecule has 4 heteroatoms. The Kier molecular flexibility index (Phi) is 4.90. The third-order valence-electron chi connectivity index (χ3n) is 4.33. The summed E-state index contributed by atoms with van der Waals surface area (Å²) in [4.78, 5) is 15.7. The zero-order valence-corrected chi connectivity index (χ0v) is 13.7. The molecule has 1 N–H and O–H groups in total. The van der Waals surface area contributed by atoms with Crippen molar-refractivity contribution < 1.29 is 4.79 Å². The van der Waals surface area contributed by atoms with Crippen LogP contribution >= 0.6 is 11.3 Å². The van der Waals surface area contributed by atoms with Crippen LogP contribution < -0.4 is 5.32 Å². The number of nitrogens with one attached hydrogen (secondary N) is 1. The Hall–Kier alpha value is -1.65. The topological polar surface area (TPSA) is 32.3 Å². The molecule has 0 radical (unpaired) electrons. The molecular formula is C18H22N2OS. The monoisotopic (exact) mass is 314 g/mol. The van der Waals surface area contributed by atoms with Gasteiger partial charge in [0.2, 0.25) is 5.91 Å². The van der Waals surface area contributed by atoms with Gasteiger partial charge in [-0.2, -0.15) is 0 Å². The van der Waals surface area contributed by atoms with Crippen molar-refractivity contribution in [2.24, 2.45) is 0 Å². The van der Waals surface area contributed by atoms with E-state index < -0.39 is 0 Å². The van der Waals surface area contributed by atoms with Crippen molar-refractivity contribution in [2.45, 2.75) is 31.8 Å². The van der Waals surface area contributed by atoms with Gasteiger partial charge in [-0.15, -0.1) is 11.3 Å². The van der Waals surface area contributed by atoms with E-state index in [4.69, 9.17) is 0 Å². The van der Waals surface area contributed by atoms with Crippen molar-refractivity contribution in [3.63, 3.8) is 0 Å². The molecule has 2 aromatic rings. The second-order valence-electron chi connectivity index (χ2n) is 5.89. The molecule has 2 atom stereocenters. The molecule has 1 fully saturated rings. The molecule has 22 heavy (non-hydrogen) atoms. The number of carbonyl (C=O) groups excluding carboxylic acids is 1. The molecule has 0 aliphatic carbocycles. The highest BCUT2D eigenvalue weighted by atomic mass is 32.1. The van der Waals surface area contributed by atoms with Crippen molar-refractivity contribution in [1.29, 1.82) is 0 Å². The minimum absolute atomic E-state index is 0.140. The predicted octanol–water partition coefficient (Wildman–Crippen LogP) is 3.24. The zero-order valence-electron chi connectivity index (χ0n) is 12.9. The third-order valence-corrected chi connectivity index (χ3v) is 5.21. The van der Waals surface area contributed by atoms with E-state index in [-0.39, 0.29) is 11.9 Å². The molecule has 0 saturated carbocycles. The molecular weight excluding hydrogens is 292 g/mol. The number of carbonyl (C=O) groups is 1. The van der Waals surface area contributed by atoms with E-state index in [1.807, 2.05) is 23.6 Å². The fourth-order valence-corrected chi connectivity index (χ4v) is 3.75. The van der Waals surface area contributed by atoms with Gasteiger partial charge in [-0.1, -0.05) is 36.4 Å². The quantitative estimate of drug-likeness (QED) is 0.919. The summed E-state index contributed by atoms with van der Waals surface area (Å²) < 4.78 is 0. The number of amides is 1. The first kappa shape index (κ1) is 15.3. The fraction of sp³-hybridized carbons (Fsp3) is 0.389. The molecule has 0 bridgehead atoms. The maximum Gasteiger partial charge on any atom is 0.225 e. The smallest absolute Gasteiger partial charge is 0.225 e. The highest BCUT2D eigenvalue weighted by Crippen LogP contribution is 2.24. The van der Waals surface area contributed by atoms with Gasteiger partial charge in [0.05, 0.1) is 6.42 Å². The van der Waals surface area contributed by atoms with Crippen molar-refractivity contribution in [1.82, 2.24) is 10.2 Å². The Morgan fingerprint density at radius 1 is 1.32 bits per heavy atom. The lowest BCUT2D eigenvalue weighted by Gasteiger charge is -2.24. The Bertz CT molecular complexity index is 597. The summed E-state index contributed by atoms with van der Waals surface area (Å²) in [5.41, 5.74) is 1.34. The summed E-state index contributed by atoms with van der Waals surface area (Å²) in [7, 11) is 0. The van der Waals surface area contributed by atoms with E-state index in [0.717, 1.165) is 24.4 Å². The molecule has 0 unspecified atom stereocenters. The number of likely N-dealkylation sites (tertiary alicyclic amines) is 1. The summed E-state index contributed by atoms with van der Waals surface area (Å²) in [6.07, 6.45) is 1.54. The number of hydrogen-bond donors (Lipinski definition) is 1. The molecule has 1 aromatic heterocycles. The number of benzene rings is 1. The molecule has 1 aromatic carbocycles. The molecule has 1 aliphatic heterocycles. The van der Waals surface area contributed by atoms with Gasteiger partial charge in [-0.3, -0.25) is 9.69 Å². The molecule has 0 spiro atoms. The largest absolute Gasteiger partial charge is 0.352 e. The van der Waals surface area contributed by atoms with Crippen LogP contribution in [0, 0.1) is 0 Å². The number of hydrogen-bond acceptors (Lipinski definition) is 3. The molecule has 1 amide bonds. The molecule has 3 nitrogen and oxygen atoms in total. The van der Waals surface area contributed by atoms with E-state index in [1.54, 1.807) is 11.3 Å². The lowest BCUT2D eigenvalue weighted by molar-refractivity contribution is -0.121. The second-order valence-corrected chi connectivity index (χ2v) is 6.92. The Morgan fingerprint density at radius 2 is 2.14 bits per heavy atom. The molecule has 3 rings (SSSR count). The number of rotatable bonds is 5. The molecule has 116 valence electrons. The van der Waals surface area contributed by atoms with Crippen molar-refractivity contribution in [2.75, 3.05) is 13.1 Å². The lowest BCUT2D eigenvalue weighted by Crippen LogP contribution is -2.38. The van der Waals surface area contributed by atoms with E-state index in [1.165, 1.54) is 5.56 Å². The lowest BCUT2D eigenvalue weighted by atomic mass is 10.1. The average molecular weight is 314 g/mol. The van der Waals surface area contributed by atoms with E-state index in [0.29, 0.717) is 12.5 Å². The summed E-state index contributed by atoms with van der Waals surface area (Å²) in [6.45, 7) is 4.22. The maximum absolute atomic E-state index is 12.1. The summed E-state index contributed by atoms with van der Waals surface area (Å²) >= 11 is 1.64. The van der Waals surface area contributed by atoms with Crippen LogP contribution in [-0.2, 0) is 11.2 Å². The summed E-state index contributed by atoms with van der Waals surface area (Å²) in [5, 5.41) is 5.19. The number of thiophene rings is 1. The van der Waals surface area contributed by atoms with Gasteiger partial charge in [0.1, 0.15) is 0 Å². The van der Waals surface area contributed by atoms with E-state index in [2.05, 4.69) is 41.4 Å². The van der Waals surface area contributed by atoms with Gasteiger partial charge in [-0.25, -0.2) is 0 Å². The van der Waals surface area contributed by atoms with Crippen LogP contribution in [0.15, 0.2) is 47.8 Å². The van der Waals surface area contributed by atoms with Crippen LogP contribution in [0.1, 0.15) is 29.8 Å². The van der Waals surface area contributed by atoms with Gasteiger partial charge in [0.15, 0.2) is 0 Å². The highest BCUT2D eigenvalue weighted by molar-refractivity contribution is 7.10. The SMILES string of the molecule is C[C@H](c1ccccc1)N1CC[C@@H](NC(=O)Cc2cccs2)C1. The first-order valence-corrected chi connectivity index (χ1v) is 8.71. The van der Waals surface area contributed by atoms with Gasteiger partial charge in [-0.05, 0) is 30.4 Å². The summed E-state index contributed by atoms with van der Waals surface area (Å²) in [5.74, 6) is 0.140. The minimum atomic E-state index is 0.140. The van der Waals surface area contributed by atoms with Crippen LogP contribution in [0.4, 0.5) is 0 Å². The van der Waals surface area contributed by atoms with Gasteiger partial charge < -0.3 is 5.32 Å². The first-order valence-electron chi connectivity index (χ1n) is 7.83. The maximum atomic E-state index is 12.1. The standard InChI is InChI=1S/C18H22N2OS/c1-14(15-6-3-2-4-7-15)20-10-9-16(13-20)19-18(21)12-17-8-5-11-22-17/h2-8,11,14,16H,9-10,12-13H2,1H3,(H,19,21)/t14-,16-/m1/s1. The van der Waals surface area contributed by atoms with Crippen molar-refractivity contribution >= 4 is 17.2 Å². The van der Waals surface area contributed by atoms with Crippen LogP contribution in [-0.4, -0.2) is 29.9 Å². The number of nitrogens with zero attached hydrogens (tertiary/aromatic N) is 1. The fourth-order valence-electron chi connectivity index (χ4n) is 3.05. The van der Waals surface area contributed by atoms with Gasteiger partial charge in [0.25, 0.3) is 0 Å². The predicted molar refractivity (Wildman–Crippen MR) is 91.0 cm³/mol. The van der Waals surface area contributed by atoms with Gasteiger partial charge >= 0.3 is 0 Å². The summed E-state index contributed by atoms with van der Waals surface area (Å²) in [6, 6.07) is 15.3. The van der Waals surface area contributed by atoms with Crippen LogP contribution in [0.3, 0.4) is 0 Å². The normalized spacial score (nSPS) is 20.0. The Labute approximate surface area is 136 Å². The highest BCUT2D eigenvalue weighted by Gasteiger charge is 2.27. The van der Waals surface area contributed by atoms with Crippen LogP contribution in [0.2, 0.25) is 0 Å². The van der Waals surface area contributed by atoms with Gasteiger partial charge in [0, 0.05) is 30.1 Å². The van der Waals surface area contributed by atoms with Crippen LogP contribution in [0.5, 0.6) is 0 Å². The Balaban J connectivity index is 1.51. The Morgan fingerprint density at radius 3 is 2.86 bits per heavy atom. The van der Waals surface area contributed by atoms with Crippen LogP contribution in [0.25, 0.3) is 0 Å². The third kappa shape index (κ3) is 3.76. The molecule has 1 saturated heterocycles. The van der Waals surface area contributed by atoms with Crippen molar-refractivity contribution in [3.05, 3.63) is 58.3 Å². The van der Waals surface area contributed by atoms with Crippen molar-refractivity contribution in [3.8, 4) is 0 Å². The van der Waals surface area contributed by atoms with E-state index in [9.17, 15) is 4.79 Å². The molecule has 2 heterocycles. The minimum Gasteiger partial charge on any atom is -0.352 e. The second kappa shape index (κ2) is 7.07. The average Bonchev–Trinajstić information content (AvgIpc) is 3.19.